The van der Waals surface area contributed by atoms with E-state index in [1.165, 1.54) is 18.4 Å². The number of nitrogens with one attached hydrogen (secondary N) is 1. The molecule has 1 aliphatic heterocycles. The predicted molar refractivity (Wildman–Crippen MR) is 126 cm³/mol. The normalized spacial score (nSPS) is 18.8. The molecule has 3 aromatic rings. The van der Waals surface area contributed by atoms with Gasteiger partial charge in [-0.3, -0.25) is 9.59 Å². The summed E-state index contributed by atoms with van der Waals surface area (Å²) in [5.41, 5.74) is 4.59. The number of carbonyl (C=O) groups is 2. The summed E-state index contributed by atoms with van der Waals surface area (Å²) in [6.07, 6.45) is 4.80. The van der Waals surface area contributed by atoms with Crippen molar-refractivity contribution in [2.45, 2.75) is 51.9 Å². The summed E-state index contributed by atoms with van der Waals surface area (Å²) < 4.78 is 5.50. The van der Waals surface area contributed by atoms with Gasteiger partial charge in [0.15, 0.2) is 0 Å². The third kappa shape index (κ3) is 4.40. The van der Waals surface area contributed by atoms with Crippen LogP contribution in [0.1, 0.15) is 55.0 Å². The third-order valence-corrected chi connectivity index (χ3v) is 6.83. The van der Waals surface area contributed by atoms with Crippen LogP contribution in [-0.4, -0.2) is 28.5 Å². The van der Waals surface area contributed by atoms with Gasteiger partial charge in [-0.2, -0.15) is 4.98 Å². The van der Waals surface area contributed by atoms with Gasteiger partial charge in [0, 0.05) is 35.8 Å². The summed E-state index contributed by atoms with van der Waals surface area (Å²) in [6.45, 7) is 4.44. The molecular formula is C26H28N4O3. The third-order valence-electron chi connectivity index (χ3n) is 6.83. The van der Waals surface area contributed by atoms with Gasteiger partial charge in [-0.05, 0) is 62.1 Å². The van der Waals surface area contributed by atoms with Gasteiger partial charge >= 0.3 is 0 Å². The summed E-state index contributed by atoms with van der Waals surface area (Å²) in [5, 5.41) is 7.11. The molecule has 2 aromatic carbocycles. The molecule has 1 atom stereocenters. The van der Waals surface area contributed by atoms with E-state index in [-0.39, 0.29) is 18.2 Å². The Morgan fingerprint density at radius 1 is 1.09 bits per heavy atom. The van der Waals surface area contributed by atoms with Crippen LogP contribution in [0.3, 0.4) is 0 Å². The fourth-order valence-electron chi connectivity index (χ4n) is 4.70. The minimum Gasteiger partial charge on any atom is -0.339 e. The van der Waals surface area contributed by atoms with Gasteiger partial charge in [0.25, 0.3) is 0 Å². The van der Waals surface area contributed by atoms with Crippen LogP contribution in [0, 0.1) is 19.8 Å². The molecule has 0 spiro atoms. The molecule has 2 fully saturated rings. The average molecular weight is 445 g/mol. The zero-order chi connectivity index (χ0) is 22.9. The summed E-state index contributed by atoms with van der Waals surface area (Å²) in [7, 11) is 0. The number of hydrogen-bond donors (Lipinski definition) is 1. The SMILES string of the molecule is Cc1ccc(N2C[C@@H](C(=O)Nc3cccc(-c4noc(C5CCCC5)n4)c3)CC2=O)cc1C. The lowest BCUT2D eigenvalue weighted by atomic mass is 10.1. The van der Waals surface area contributed by atoms with Gasteiger partial charge in [-0.15, -0.1) is 0 Å². The van der Waals surface area contributed by atoms with Crippen molar-refractivity contribution in [3.8, 4) is 11.4 Å². The highest BCUT2D eigenvalue weighted by Crippen LogP contribution is 2.34. The highest BCUT2D eigenvalue weighted by molar-refractivity contribution is 6.03. The summed E-state index contributed by atoms with van der Waals surface area (Å²) in [5.74, 6) is 0.999. The van der Waals surface area contributed by atoms with E-state index in [9.17, 15) is 9.59 Å². The predicted octanol–water partition coefficient (Wildman–Crippen LogP) is 5.00. The maximum atomic E-state index is 12.9. The summed E-state index contributed by atoms with van der Waals surface area (Å²) in [4.78, 5) is 31.8. The molecule has 1 aromatic heterocycles. The lowest BCUT2D eigenvalue weighted by Crippen LogP contribution is -2.28. The minimum atomic E-state index is -0.401. The molecule has 0 bridgehead atoms. The first-order valence-corrected chi connectivity index (χ1v) is 11.6. The number of aromatic nitrogens is 2. The van der Waals surface area contributed by atoms with Crippen molar-refractivity contribution >= 4 is 23.2 Å². The minimum absolute atomic E-state index is 0.0293. The maximum Gasteiger partial charge on any atom is 0.230 e. The second-order valence-electron chi connectivity index (χ2n) is 9.18. The number of aryl methyl sites for hydroxylation is 2. The molecule has 1 saturated heterocycles. The Bertz CT molecular complexity index is 1200. The molecule has 0 radical (unpaired) electrons. The number of hydrogen-bond acceptors (Lipinski definition) is 5. The van der Waals surface area contributed by atoms with Crippen molar-refractivity contribution in [3.63, 3.8) is 0 Å². The molecule has 1 N–H and O–H groups in total. The maximum absolute atomic E-state index is 12.9. The van der Waals surface area contributed by atoms with E-state index in [2.05, 4.69) is 15.5 Å². The Hall–Kier alpha value is -3.48. The van der Waals surface area contributed by atoms with Crippen molar-refractivity contribution in [2.75, 3.05) is 16.8 Å². The van der Waals surface area contributed by atoms with Crippen molar-refractivity contribution in [1.29, 1.82) is 0 Å². The topological polar surface area (TPSA) is 88.3 Å². The lowest BCUT2D eigenvalue weighted by Gasteiger charge is -2.18. The van der Waals surface area contributed by atoms with Crippen LogP contribution >= 0.6 is 0 Å². The zero-order valence-corrected chi connectivity index (χ0v) is 19.0. The van der Waals surface area contributed by atoms with Crippen LogP contribution in [0.25, 0.3) is 11.4 Å². The largest absolute Gasteiger partial charge is 0.339 e. The highest BCUT2D eigenvalue weighted by Gasteiger charge is 2.35. The van der Waals surface area contributed by atoms with E-state index in [0.29, 0.717) is 29.9 Å². The van der Waals surface area contributed by atoms with Gasteiger partial charge in [0.05, 0.1) is 5.92 Å². The smallest absolute Gasteiger partial charge is 0.230 e. The van der Waals surface area contributed by atoms with Crippen LogP contribution in [0.2, 0.25) is 0 Å². The van der Waals surface area contributed by atoms with Crippen LogP contribution < -0.4 is 10.2 Å². The average Bonchev–Trinajstić information content (AvgIpc) is 3.56. The molecule has 0 unspecified atom stereocenters. The molecule has 7 heteroatoms. The van der Waals surface area contributed by atoms with E-state index < -0.39 is 5.92 Å². The highest BCUT2D eigenvalue weighted by atomic mass is 16.5. The number of benzene rings is 2. The molecule has 170 valence electrons. The first kappa shape index (κ1) is 21.4. The molecule has 2 heterocycles. The molecule has 2 amide bonds. The zero-order valence-electron chi connectivity index (χ0n) is 19.0. The Kier molecular flexibility index (Phi) is 5.70. The molecule has 1 saturated carbocycles. The van der Waals surface area contributed by atoms with E-state index in [1.54, 1.807) is 4.90 Å². The molecule has 1 aliphatic carbocycles. The Morgan fingerprint density at radius 2 is 1.91 bits per heavy atom. The van der Waals surface area contributed by atoms with Crippen LogP contribution in [-0.2, 0) is 9.59 Å². The molecule has 2 aliphatic rings. The number of carbonyl (C=O) groups excluding carboxylic acids is 2. The van der Waals surface area contributed by atoms with Gasteiger partial charge in [-0.25, -0.2) is 0 Å². The fraction of sp³-hybridized carbons (Fsp3) is 0.385. The van der Waals surface area contributed by atoms with E-state index in [1.807, 2.05) is 56.3 Å². The van der Waals surface area contributed by atoms with E-state index in [4.69, 9.17) is 4.52 Å². The van der Waals surface area contributed by atoms with Gasteiger partial charge < -0.3 is 14.7 Å². The first-order chi connectivity index (χ1) is 16.0. The monoisotopic (exact) mass is 444 g/mol. The lowest BCUT2D eigenvalue weighted by molar-refractivity contribution is -0.122. The summed E-state index contributed by atoms with van der Waals surface area (Å²) in [6, 6.07) is 13.4. The van der Waals surface area contributed by atoms with Crippen LogP contribution in [0.4, 0.5) is 11.4 Å². The number of amides is 2. The number of anilines is 2. The van der Waals surface area contributed by atoms with Crippen molar-refractivity contribution in [1.82, 2.24) is 10.1 Å². The second-order valence-corrected chi connectivity index (χ2v) is 9.18. The van der Waals surface area contributed by atoms with Gasteiger partial charge in [0.2, 0.25) is 23.5 Å². The van der Waals surface area contributed by atoms with Crippen molar-refractivity contribution < 1.29 is 14.1 Å². The standard InChI is InChI=1S/C26H28N4O3/c1-16-10-11-22(12-17(16)2)30-15-20(14-23(30)31)25(32)27-21-9-5-8-19(13-21)24-28-26(33-29-24)18-6-3-4-7-18/h5,8-13,18,20H,3-4,6-7,14-15H2,1-2H3,(H,27,32)/t20-/m0/s1. The van der Waals surface area contributed by atoms with E-state index >= 15 is 0 Å². The second kappa shape index (κ2) is 8.81. The fourth-order valence-corrected chi connectivity index (χ4v) is 4.70. The first-order valence-electron chi connectivity index (χ1n) is 11.6. The molecular weight excluding hydrogens is 416 g/mol. The van der Waals surface area contributed by atoms with Crippen LogP contribution in [0.5, 0.6) is 0 Å². The molecule has 33 heavy (non-hydrogen) atoms. The van der Waals surface area contributed by atoms with Crippen molar-refractivity contribution in [2.24, 2.45) is 5.92 Å². The van der Waals surface area contributed by atoms with Crippen molar-refractivity contribution in [3.05, 3.63) is 59.5 Å². The van der Waals surface area contributed by atoms with Crippen LogP contribution in [0.15, 0.2) is 47.0 Å². The number of rotatable bonds is 5. The Morgan fingerprint density at radius 3 is 2.70 bits per heavy atom. The van der Waals surface area contributed by atoms with Gasteiger partial charge in [-0.1, -0.05) is 36.2 Å². The summed E-state index contributed by atoms with van der Waals surface area (Å²) >= 11 is 0. The molecule has 5 rings (SSSR count). The quantitative estimate of drug-likeness (QED) is 0.598. The number of nitrogens with zero attached hydrogens (tertiary/aromatic N) is 3. The Labute approximate surface area is 193 Å². The molecule has 7 nitrogen and oxygen atoms in total. The Balaban J connectivity index is 1.26. The van der Waals surface area contributed by atoms with Gasteiger partial charge in [0.1, 0.15) is 0 Å². The van der Waals surface area contributed by atoms with E-state index in [0.717, 1.165) is 29.7 Å².